The lowest BCUT2D eigenvalue weighted by Crippen LogP contribution is -2.36. The molecule has 1 aliphatic rings. The topological polar surface area (TPSA) is 50.4 Å². The van der Waals surface area contributed by atoms with Crippen molar-refractivity contribution < 1.29 is 9.53 Å². The number of carbonyl (C=O) groups is 1. The quantitative estimate of drug-likeness (QED) is 0.754. The minimum atomic E-state index is -0.497. The zero-order chi connectivity index (χ0) is 15.2. The van der Waals surface area contributed by atoms with Gasteiger partial charge in [-0.2, -0.15) is 0 Å². The normalized spacial score (nSPS) is 15.6. The number of hydrogen-bond donors (Lipinski definition) is 2. The van der Waals surface area contributed by atoms with Gasteiger partial charge in [0.2, 0.25) is 0 Å². The summed E-state index contributed by atoms with van der Waals surface area (Å²) < 4.78 is 6.60. The number of hydrogen-bond acceptors (Lipinski definition) is 3. The van der Waals surface area contributed by atoms with Crippen LogP contribution < -0.4 is 15.4 Å². The fourth-order valence-corrected chi connectivity index (χ4v) is 2.46. The number of ether oxygens (including phenoxy) is 1. The van der Waals surface area contributed by atoms with E-state index in [9.17, 15) is 4.79 Å². The van der Waals surface area contributed by atoms with Crippen molar-refractivity contribution in [3.63, 3.8) is 0 Å². The highest BCUT2D eigenvalue weighted by Crippen LogP contribution is 2.27. The maximum atomic E-state index is 11.8. The van der Waals surface area contributed by atoms with Crippen molar-refractivity contribution in [1.82, 2.24) is 10.6 Å². The van der Waals surface area contributed by atoms with Gasteiger partial charge < -0.3 is 15.4 Å². The summed E-state index contributed by atoms with van der Waals surface area (Å²) in [5, 5.41) is 6.31. The van der Waals surface area contributed by atoms with Crippen LogP contribution in [0.4, 0.5) is 0 Å². The summed E-state index contributed by atoms with van der Waals surface area (Å²) >= 11 is 3.52. The molecule has 0 radical (unpaired) electrons. The van der Waals surface area contributed by atoms with Crippen LogP contribution in [0, 0.1) is 0 Å². The highest BCUT2D eigenvalue weighted by atomic mass is 79.9. The highest BCUT2D eigenvalue weighted by molar-refractivity contribution is 9.10. The van der Waals surface area contributed by atoms with Crippen LogP contribution in [0.25, 0.3) is 0 Å². The summed E-state index contributed by atoms with van der Waals surface area (Å²) in [7, 11) is 0. The van der Waals surface area contributed by atoms with Crippen LogP contribution in [0.2, 0.25) is 0 Å². The van der Waals surface area contributed by atoms with Crippen LogP contribution in [0.1, 0.15) is 38.7 Å². The zero-order valence-electron chi connectivity index (χ0n) is 12.6. The first-order valence-electron chi connectivity index (χ1n) is 7.56. The van der Waals surface area contributed by atoms with Gasteiger partial charge in [-0.05, 0) is 59.8 Å². The van der Waals surface area contributed by atoms with Gasteiger partial charge >= 0.3 is 0 Å². The van der Waals surface area contributed by atoms with E-state index in [1.54, 1.807) is 6.92 Å². The first kappa shape index (κ1) is 16.3. The lowest BCUT2D eigenvalue weighted by Gasteiger charge is -2.16. The predicted octanol–water partition coefficient (Wildman–Crippen LogP) is 2.99. The largest absolute Gasteiger partial charge is 0.480 e. The van der Waals surface area contributed by atoms with E-state index >= 15 is 0 Å². The summed E-state index contributed by atoms with van der Waals surface area (Å²) in [6.45, 7) is 5.34. The van der Waals surface area contributed by atoms with E-state index < -0.39 is 6.10 Å². The molecule has 0 aliphatic heterocycles. The molecular formula is C16H23BrN2O2. The second-order valence-electron chi connectivity index (χ2n) is 5.47. The summed E-state index contributed by atoms with van der Waals surface area (Å²) in [6.07, 6.45) is 2.99. The van der Waals surface area contributed by atoms with Gasteiger partial charge in [-0.25, -0.2) is 0 Å². The summed E-state index contributed by atoms with van der Waals surface area (Å²) in [4.78, 5) is 11.8. The Balaban J connectivity index is 1.88. The molecule has 21 heavy (non-hydrogen) atoms. The molecular weight excluding hydrogens is 332 g/mol. The van der Waals surface area contributed by atoms with Gasteiger partial charge in [-0.1, -0.05) is 13.0 Å². The molecule has 0 aromatic heterocycles. The lowest BCUT2D eigenvalue weighted by molar-refractivity contribution is -0.127. The maximum Gasteiger partial charge on any atom is 0.260 e. The number of halogens is 1. The molecule has 116 valence electrons. The van der Waals surface area contributed by atoms with Crippen LogP contribution in [0.3, 0.4) is 0 Å². The van der Waals surface area contributed by atoms with Gasteiger partial charge in [0.25, 0.3) is 5.91 Å². The Bertz CT molecular complexity index is 489. The van der Waals surface area contributed by atoms with Gasteiger partial charge in [-0.3, -0.25) is 4.79 Å². The van der Waals surface area contributed by atoms with E-state index in [0.29, 0.717) is 18.3 Å². The van der Waals surface area contributed by atoms with Crippen molar-refractivity contribution >= 4 is 21.8 Å². The smallest absolute Gasteiger partial charge is 0.260 e. The molecule has 5 heteroatoms. The molecule has 2 N–H and O–H groups in total. The third-order valence-electron chi connectivity index (χ3n) is 3.39. The standard InChI is InChI=1S/C16H23BrN2O2/c1-3-8-18-16(20)11(2)21-15-7-4-12(9-14(15)17)10-19-13-5-6-13/h4,7,9,11,13,19H,3,5-6,8,10H2,1-2H3,(H,18,20). The first-order chi connectivity index (χ1) is 10.1. The first-order valence-corrected chi connectivity index (χ1v) is 8.35. The molecule has 0 heterocycles. The number of nitrogens with one attached hydrogen (secondary N) is 2. The Hall–Kier alpha value is -1.07. The molecule has 0 spiro atoms. The Kier molecular flexibility index (Phi) is 6.06. The SMILES string of the molecule is CCCNC(=O)C(C)Oc1ccc(CNC2CC2)cc1Br. The lowest BCUT2D eigenvalue weighted by atomic mass is 10.2. The molecule has 1 aromatic carbocycles. The van der Waals surface area contributed by atoms with E-state index in [1.807, 2.05) is 25.1 Å². The Morgan fingerprint density at radius 2 is 2.24 bits per heavy atom. The molecule has 0 saturated heterocycles. The summed E-state index contributed by atoms with van der Waals surface area (Å²) in [5.41, 5.74) is 1.21. The zero-order valence-corrected chi connectivity index (χ0v) is 14.2. The van der Waals surface area contributed by atoms with E-state index in [1.165, 1.54) is 18.4 Å². The summed E-state index contributed by atoms with van der Waals surface area (Å²) in [6, 6.07) is 6.69. The summed E-state index contributed by atoms with van der Waals surface area (Å²) in [5.74, 6) is 0.618. The Morgan fingerprint density at radius 1 is 1.48 bits per heavy atom. The van der Waals surface area contributed by atoms with Crippen molar-refractivity contribution in [3.8, 4) is 5.75 Å². The van der Waals surface area contributed by atoms with Crippen molar-refractivity contribution in [2.75, 3.05) is 6.54 Å². The van der Waals surface area contributed by atoms with E-state index in [0.717, 1.165) is 17.4 Å². The molecule has 1 saturated carbocycles. The monoisotopic (exact) mass is 354 g/mol. The van der Waals surface area contributed by atoms with Crippen molar-refractivity contribution in [3.05, 3.63) is 28.2 Å². The Morgan fingerprint density at radius 3 is 2.86 bits per heavy atom. The molecule has 2 rings (SSSR count). The third-order valence-corrected chi connectivity index (χ3v) is 4.01. The van der Waals surface area contributed by atoms with Gasteiger partial charge in [0, 0.05) is 19.1 Å². The van der Waals surface area contributed by atoms with Crippen molar-refractivity contribution in [2.24, 2.45) is 0 Å². The number of rotatable bonds is 8. The Labute approximate surface area is 134 Å². The molecule has 1 aliphatic carbocycles. The molecule has 1 atom stereocenters. The third kappa shape index (κ3) is 5.32. The minimum Gasteiger partial charge on any atom is -0.480 e. The minimum absolute atomic E-state index is 0.0803. The molecule has 1 aromatic rings. The molecule has 1 unspecified atom stereocenters. The van der Waals surface area contributed by atoms with Crippen LogP contribution in [0.5, 0.6) is 5.75 Å². The predicted molar refractivity (Wildman–Crippen MR) is 87.4 cm³/mol. The molecule has 4 nitrogen and oxygen atoms in total. The van der Waals surface area contributed by atoms with E-state index in [4.69, 9.17) is 4.74 Å². The second kappa shape index (κ2) is 7.80. The average molecular weight is 355 g/mol. The molecule has 1 amide bonds. The molecule has 0 bridgehead atoms. The van der Waals surface area contributed by atoms with Gasteiger partial charge in [-0.15, -0.1) is 0 Å². The van der Waals surface area contributed by atoms with Gasteiger partial charge in [0.1, 0.15) is 5.75 Å². The second-order valence-corrected chi connectivity index (χ2v) is 6.33. The van der Waals surface area contributed by atoms with E-state index in [2.05, 4.69) is 26.6 Å². The highest BCUT2D eigenvalue weighted by Gasteiger charge is 2.20. The van der Waals surface area contributed by atoms with E-state index in [-0.39, 0.29) is 5.91 Å². The van der Waals surface area contributed by atoms with Crippen LogP contribution >= 0.6 is 15.9 Å². The van der Waals surface area contributed by atoms with Crippen LogP contribution in [0.15, 0.2) is 22.7 Å². The van der Waals surface area contributed by atoms with Gasteiger partial charge in [0.05, 0.1) is 4.47 Å². The van der Waals surface area contributed by atoms with Crippen LogP contribution in [-0.2, 0) is 11.3 Å². The van der Waals surface area contributed by atoms with Crippen molar-refractivity contribution in [1.29, 1.82) is 0 Å². The van der Waals surface area contributed by atoms with Gasteiger partial charge in [0.15, 0.2) is 6.10 Å². The van der Waals surface area contributed by atoms with Crippen molar-refractivity contribution in [2.45, 2.75) is 51.8 Å². The molecule has 1 fully saturated rings. The number of amides is 1. The fraction of sp³-hybridized carbons (Fsp3) is 0.562. The average Bonchev–Trinajstić information content (AvgIpc) is 3.29. The maximum absolute atomic E-state index is 11.8. The fourth-order valence-electron chi connectivity index (χ4n) is 1.94. The van der Waals surface area contributed by atoms with Crippen LogP contribution in [-0.4, -0.2) is 24.6 Å². The number of benzene rings is 1. The number of carbonyl (C=O) groups excluding carboxylic acids is 1.